The first-order chi connectivity index (χ1) is 11.5. The van der Waals surface area contributed by atoms with E-state index in [2.05, 4.69) is 19.0 Å². The maximum Gasteiger partial charge on any atom is 0.257 e. The fraction of sp³-hybridized carbons (Fsp3) is 0.632. The molecule has 2 atom stereocenters. The number of amides is 1. The smallest absolute Gasteiger partial charge is 0.257 e. The monoisotopic (exact) mass is 334 g/mol. The van der Waals surface area contributed by atoms with E-state index in [4.69, 9.17) is 9.84 Å². The Morgan fingerprint density at radius 3 is 2.79 bits per heavy atom. The minimum absolute atomic E-state index is 0.0399. The number of nitrogens with zero attached hydrogens (tertiary/aromatic N) is 2. The summed E-state index contributed by atoms with van der Waals surface area (Å²) in [5.74, 6) is 1.07. The Bertz CT molecular complexity index is 560. The first kappa shape index (κ1) is 18.7. The predicted octanol–water partition coefficient (Wildman–Crippen LogP) is 2.17. The van der Waals surface area contributed by atoms with Crippen LogP contribution in [0.1, 0.15) is 35.2 Å². The van der Waals surface area contributed by atoms with Crippen molar-refractivity contribution in [1.82, 2.24) is 9.80 Å². The zero-order chi connectivity index (χ0) is 17.7. The van der Waals surface area contributed by atoms with Crippen molar-refractivity contribution in [2.75, 3.05) is 40.9 Å². The summed E-state index contributed by atoms with van der Waals surface area (Å²) in [6.45, 7) is 3.69. The summed E-state index contributed by atoms with van der Waals surface area (Å²) in [5, 5.41) is 9.16. The van der Waals surface area contributed by atoms with Crippen LogP contribution in [0.4, 0.5) is 0 Å². The number of carbonyl (C=O) groups excluding carboxylic acids is 1. The minimum atomic E-state index is 0.0399. The lowest BCUT2D eigenvalue weighted by atomic mass is 9.87. The fourth-order valence-corrected chi connectivity index (χ4v) is 3.67. The van der Waals surface area contributed by atoms with Gasteiger partial charge in [0.05, 0.1) is 12.7 Å². The third kappa shape index (κ3) is 4.28. The summed E-state index contributed by atoms with van der Waals surface area (Å²) in [5.41, 5.74) is 1.71. The van der Waals surface area contributed by atoms with Crippen molar-refractivity contribution < 1.29 is 14.6 Å². The normalized spacial score (nSPS) is 21.2. The first-order valence-electron chi connectivity index (χ1n) is 8.69. The number of rotatable bonds is 6. The van der Waals surface area contributed by atoms with Gasteiger partial charge < -0.3 is 19.6 Å². The molecule has 1 aliphatic heterocycles. The van der Waals surface area contributed by atoms with Crippen molar-refractivity contribution in [3.8, 4) is 5.75 Å². The molecular formula is C19H30N2O3. The van der Waals surface area contributed by atoms with E-state index in [9.17, 15) is 4.79 Å². The number of hydrogen-bond donors (Lipinski definition) is 1. The highest BCUT2D eigenvalue weighted by atomic mass is 16.5. The Morgan fingerprint density at radius 2 is 2.17 bits per heavy atom. The number of benzene rings is 1. The van der Waals surface area contributed by atoms with E-state index in [1.165, 1.54) is 0 Å². The lowest BCUT2D eigenvalue weighted by Crippen LogP contribution is -2.50. The number of aliphatic hydroxyl groups excluding tert-OH is 1. The Labute approximate surface area is 145 Å². The topological polar surface area (TPSA) is 53.0 Å². The van der Waals surface area contributed by atoms with Gasteiger partial charge in [-0.1, -0.05) is 6.07 Å². The number of carbonyl (C=O) groups is 1. The van der Waals surface area contributed by atoms with Crippen LogP contribution >= 0.6 is 0 Å². The number of hydrogen-bond acceptors (Lipinski definition) is 4. The van der Waals surface area contributed by atoms with Gasteiger partial charge in [0.25, 0.3) is 5.91 Å². The largest absolute Gasteiger partial charge is 0.496 e. The van der Waals surface area contributed by atoms with Crippen molar-refractivity contribution >= 4 is 5.91 Å². The quantitative estimate of drug-likeness (QED) is 0.866. The molecule has 2 rings (SSSR count). The van der Waals surface area contributed by atoms with Crippen LogP contribution in [0.3, 0.4) is 0 Å². The van der Waals surface area contributed by atoms with Crippen molar-refractivity contribution in [3.05, 3.63) is 29.3 Å². The van der Waals surface area contributed by atoms with E-state index in [0.29, 0.717) is 23.3 Å². The molecule has 134 valence electrons. The van der Waals surface area contributed by atoms with E-state index < -0.39 is 0 Å². The lowest BCUT2D eigenvalue weighted by molar-refractivity contribution is 0.0493. The molecule has 0 saturated carbocycles. The van der Waals surface area contributed by atoms with Crippen LogP contribution in [0.2, 0.25) is 0 Å². The Hall–Kier alpha value is -1.59. The lowest BCUT2D eigenvalue weighted by Gasteiger charge is -2.41. The second-order valence-electron chi connectivity index (χ2n) is 6.90. The molecule has 1 N–H and O–H groups in total. The minimum Gasteiger partial charge on any atom is -0.496 e. The Morgan fingerprint density at radius 1 is 1.42 bits per heavy atom. The maximum absolute atomic E-state index is 13.0. The van der Waals surface area contributed by atoms with Crippen molar-refractivity contribution in [2.45, 2.75) is 32.2 Å². The molecule has 0 radical (unpaired) electrons. The van der Waals surface area contributed by atoms with Gasteiger partial charge in [-0.25, -0.2) is 0 Å². The van der Waals surface area contributed by atoms with Gasteiger partial charge in [-0.15, -0.1) is 0 Å². The molecule has 1 heterocycles. The Balaban J connectivity index is 2.15. The molecule has 24 heavy (non-hydrogen) atoms. The van der Waals surface area contributed by atoms with E-state index in [1.54, 1.807) is 7.11 Å². The summed E-state index contributed by atoms with van der Waals surface area (Å²) in [7, 11) is 5.79. The van der Waals surface area contributed by atoms with Crippen molar-refractivity contribution in [2.24, 2.45) is 5.92 Å². The van der Waals surface area contributed by atoms with Crippen LogP contribution in [-0.2, 0) is 0 Å². The fourth-order valence-electron chi connectivity index (χ4n) is 3.67. The van der Waals surface area contributed by atoms with Gasteiger partial charge in [0.2, 0.25) is 0 Å². The van der Waals surface area contributed by atoms with Gasteiger partial charge in [-0.2, -0.15) is 0 Å². The van der Waals surface area contributed by atoms with Gasteiger partial charge in [0.1, 0.15) is 5.75 Å². The third-order valence-corrected chi connectivity index (χ3v) is 4.96. The van der Waals surface area contributed by atoms with Crippen LogP contribution in [0.15, 0.2) is 18.2 Å². The summed E-state index contributed by atoms with van der Waals surface area (Å²) >= 11 is 0. The number of aryl methyl sites for hydroxylation is 1. The summed E-state index contributed by atoms with van der Waals surface area (Å²) in [4.78, 5) is 17.2. The first-order valence-corrected chi connectivity index (χ1v) is 8.69. The molecule has 5 nitrogen and oxygen atoms in total. The number of aliphatic hydroxyl groups is 1. The summed E-state index contributed by atoms with van der Waals surface area (Å²) < 4.78 is 5.40. The van der Waals surface area contributed by atoms with Gasteiger partial charge in [-0.3, -0.25) is 4.79 Å². The zero-order valence-electron chi connectivity index (χ0n) is 15.3. The molecule has 1 fully saturated rings. The van der Waals surface area contributed by atoms with Crippen LogP contribution in [-0.4, -0.2) is 67.8 Å². The molecule has 5 heteroatoms. The van der Waals surface area contributed by atoms with Gasteiger partial charge in [0.15, 0.2) is 0 Å². The average Bonchev–Trinajstić information content (AvgIpc) is 2.58. The van der Waals surface area contributed by atoms with E-state index in [0.717, 1.165) is 37.9 Å². The van der Waals surface area contributed by atoms with E-state index >= 15 is 0 Å². The third-order valence-electron chi connectivity index (χ3n) is 4.96. The van der Waals surface area contributed by atoms with Crippen molar-refractivity contribution in [3.63, 3.8) is 0 Å². The standard InChI is InChI=1S/C19H30N2O3/c1-14-7-8-16(18(12-14)24-4)19(23)21-10-9-17(20(2)3)15(13-21)6-5-11-22/h7-8,12,15,17,22H,5-6,9-11,13H2,1-4H3. The summed E-state index contributed by atoms with van der Waals surface area (Å²) in [6.07, 6.45) is 2.68. The highest BCUT2D eigenvalue weighted by Crippen LogP contribution is 2.28. The number of ether oxygens (including phenoxy) is 1. The molecule has 0 spiro atoms. The van der Waals surface area contributed by atoms with Crippen LogP contribution in [0.5, 0.6) is 5.75 Å². The van der Waals surface area contributed by atoms with Gasteiger partial charge in [-0.05, 0) is 63.9 Å². The molecular weight excluding hydrogens is 304 g/mol. The molecule has 0 aromatic heterocycles. The molecule has 0 aliphatic carbocycles. The molecule has 1 aromatic rings. The molecule has 1 aliphatic rings. The average molecular weight is 334 g/mol. The van der Waals surface area contributed by atoms with Crippen LogP contribution < -0.4 is 4.74 Å². The van der Waals surface area contributed by atoms with Crippen LogP contribution in [0.25, 0.3) is 0 Å². The predicted molar refractivity (Wildman–Crippen MR) is 95.5 cm³/mol. The van der Waals surface area contributed by atoms with Gasteiger partial charge in [0, 0.05) is 25.7 Å². The second-order valence-corrected chi connectivity index (χ2v) is 6.90. The zero-order valence-corrected chi connectivity index (χ0v) is 15.3. The number of methoxy groups -OCH3 is 1. The van der Waals surface area contributed by atoms with Crippen molar-refractivity contribution in [1.29, 1.82) is 0 Å². The summed E-state index contributed by atoms with van der Waals surface area (Å²) in [6, 6.07) is 6.17. The molecule has 0 bridgehead atoms. The SMILES string of the molecule is COc1cc(C)ccc1C(=O)N1CCC(N(C)C)C(CCCO)C1. The molecule has 1 aromatic carbocycles. The van der Waals surface area contributed by atoms with Crippen LogP contribution in [0, 0.1) is 12.8 Å². The van der Waals surface area contributed by atoms with Gasteiger partial charge >= 0.3 is 0 Å². The molecule has 1 amide bonds. The molecule has 2 unspecified atom stereocenters. The highest BCUT2D eigenvalue weighted by molar-refractivity contribution is 5.97. The number of likely N-dealkylation sites (tertiary alicyclic amines) is 1. The maximum atomic E-state index is 13.0. The second kappa shape index (κ2) is 8.49. The van der Waals surface area contributed by atoms with E-state index in [-0.39, 0.29) is 12.5 Å². The number of piperidine rings is 1. The highest BCUT2D eigenvalue weighted by Gasteiger charge is 2.33. The van der Waals surface area contributed by atoms with E-state index in [1.807, 2.05) is 30.0 Å². The molecule has 1 saturated heterocycles. The Kier molecular flexibility index (Phi) is 6.63.